The zero-order chi connectivity index (χ0) is 13.7. The zero-order valence-electron chi connectivity index (χ0n) is 11.0. The Kier molecular flexibility index (Phi) is 3.97. The van der Waals surface area contributed by atoms with Crippen LogP contribution < -0.4 is 10.1 Å². The van der Waals surface area contributed by atoms with E-state index in [4.69, 9.17) is 4.74 Å². The van der Waals surface area contributed by atoms with Gasteiger partial charge in [-0.1, -0.05) is 12.1 Å². The van der Waals surface area contributed by atoms with Crippen LogP contribution in [0.4, 0.5) is 5.82 Å². The second-order valence-electron chi connectivity index (χ2n) is 4.45. The summed E-state index contributed by atoms with van der Waals surface area (Å²) in [4.78, 5) is 7.89. The molecule has 0 bridgehead atoms. The van der Waals surface area contributed by atoms with Gasteiger partial charge in [-0.25, -0.2) is 9.97 Å². The summed E-state index contributed by atoms with van der Waals surface area (Å²) in [7, 11) is 1.61. The summed E-state index contributed by atoms with van der Waals surface area (Å²) in [6.45, 7) is 2.11. The maximum Gasteiger partial charge on any atom is 0.129 e. The molecule has 0 unspecified atom stereocenters. The van der Waals surface area contributed by atoms with Gasteiger partial charge in [0, 0.05) is 12.7 Å². The topological polar surface area (TPSA) is 67.3 Å². The molecular formula is C14H17N3O2. The molecule has 1 heterocycles. The number of anilines is 1. The van der Waals surface area contributed by atoms with E-state index in [1.165, 1.54) is 6.33 Å². The fourth-order valence-corrected chi connectivity index (χ4v) is 1.71. The lowest BCUT2D eigenvalue weighted by atomic mass is 9.96. The van der Waals surface area contributed by atoms with Crippen molar-refractivity contribution in [1.29, 1.82) is 0 Å². The van der Waals surface area contributed by atoms with Crippen molar-refractivity contribution in [2.75, 3.05) is 19.0 Å². The molecule has 1 aromatic heterocycles. The van der Waals surface area contributed by atoms with Crippen LogP contribution in [-0.2, 0) is 5.60 Å². The van der Waals surface area contributed by atoms with Gasteiger partial charge in [0.2, 0.25) is 0 Å². The summed E-state index contributed by atoms with van der Waals surface area (Å²) >= 11 is 0. The van der Waals surface area contributed by atoms with Crippen molar-refractivity contribution in [1.82, 2.24) is 9.97 Å². The molecule has 19 heavy (non-hydrogen) atoms. The van der Waals surface area contributed by atoms with Gasteiger partial charge < -0.3 is 15.2 Å². The highest BCUT2D eigenvalue weighted by Crippen LogP contribution is 2.23. The monoisotopic (exact) mass is 259 g/mol. The Morgan fingerprint density at radius 3 is 2.58 bits per heavy atom. The van der Waals surface area contributed by atoms with Crippen LogP contribution in [0.3, 0.4) is 0 Å². The lowest BCUT2D eigenvalue weighted by Crippen LogP contribution is -2.30. The van der Waals surface area contributed by atoms with Crippen LogP contribution in [0.15, 0.2) is 42.9 Å². The van der Waals surface area contributed by atoms with Crippen molar-refractivity contribution < 1.29 is 9.84 Å². The normalized spacial score (nSPS) is 13.6. The standard InChI is InChI=1S/C14H17N3O2/c1-14(18,9-16-13-7-8-15-10-17-13)11-3-5-12(19-2)6-4-11/h3-8,10,18H,9H2,1-2H3,(H,15,16,17)/t14-/m1/s1. The first-order valence-electron chi connectivity index (χ1n) is 5.98. The average Bonchev–Trinajstić information content (AvgIpc) is 2.46. The molecule has 5 nitrogen and oxygen atoms in total. The Morgan fingerprint density at radius 1 is 1.26 bits per heavy atom. The maximum atomic E-state index is 10.5. The van der Waals surface area contributed by atoms with Crippen molar-refractivity contribution in [3.63, 3.8) is 0 Å². The highest BCUT2D eigenvalue weighted by Gasteiger charge is 2.22. The molecule has 0 aliphatic carbocycles. The van der Waals surface area contributed by atoms with Crippen molar-refractivity contribution in [2.45, 2.75) is 12.5 Å². The Morgan fingerprint density at radius 2 is 2.00 bits per heavy atom. The third-order valence-corrected chi connectivity index (χ3v) is 2.91. The first-order chi connectivity index (χ1) is 9.12. The number of nitrogens with zero attached hydrogens (tertiary/aromatic N) is 2. The lowest BCUT2D eigenvalue weighted by Gasteiger charge is -2.24. The molecule has 0 radical (unpaired) electrons. The summed E-state index contributed by atoms with van der Waals surface area (Å²) in [6, 6.07) is 9.11. The van der Waals surface area contributed by atoms with E-state index in [0.717, 1.165) is 11.3 Å². The van der Waals surface area contributed by atoms with Gasteiger partial charge in [0.05, 0.1) is 7.11 Å². The van der Waals surface area contributed by atoms with E-state index in [2.05, 4.69) is 15.3 Å². The van der Waals surface area contributed by atoms with E-state index in [0.29, 0.717) is 12.4 Å². The summed E-state index contributed by atoms with van der Waals surface area (Å²) in [6.07, 6.45) is 3.11. The van der Waals surface area contributed by atoms with Gasteiger partial charge in [-0.3, -0.25) is 0 Å². The van der Waals surface area contributed by atoms with Crippen molar-refractivity contribution in [3.05, 3.63) is 48.4 Å². The van der Waals surface area contributed by atoms with E-state index in [1.54, 1.807) is 26.3 Å². The molecule has 0 aliphatic rings. The highest BCUT2D eigenvalue weighted by atomic mass is 16.5. The molecule has 0 saturated heterocycles. The van der Waals surface area contributed by atoms with Gasteiger partial charge in [0.1, 0.15) is 23.5 Å². The van der Waals surface area contributed by atoms with Crippen LogP contribution >= 0.6 is 0 Å². The number of aliphatic hydroxyl groups is 1. The minimum absolute atomic E-state index is 0.357. The molecule has 100 valence electrons. The number of rotatable bonds is 5. The molecule has 0 fully saturated rings. The molecule has 1 atom stereocenters. The SMILES string of the molecule is COc1ccc([C@](C)(O)CNc2ccncn2)cc1. The molecule has 2 aromatic rings. The second-order valence-corrected chi connectivity index (χ2v) is 4.45. The van der Waals surface area contributed by atoms with Crippen LogP contribution in [0.1, 0.15) is 12.5 Å². The molecule has 0 saturated carbocycles. The van der Waals surface area contributed by atoms with Crippen LogP contribution in [0.5, 0.6) is 5.75 Å². The van der Waals surface area contributed by atoms with Crippen LogP contribution in [0.25, 0.3) is 0 Å². The lowest BCUT2D eigenvalue weighted by molar-refractivity contribution is 0.0714. The molecule has 1 aromatic carbocycles. The molecule has 0 spiro atoms. The number of nitrogens with one attached hydrogen (secondary N) is 1. The summed E-state index contributed by atoms with van der Waals surface area (Å²) < 4.78 is 5.10. The van der Waals surface area contributed by atoms with Gasteiger partial charge in [-0.2, -0.15) is 0 Å². The molecule has 0 amide bonds. The van der Waals surface area contributed by atoms with Crippen LogP contribution in [0.2, 0.25) is 0 Å². The van der Waals surface area contributed by atoms with E-state index in [9.17, 15) is 5.11 Å². The smallest absolute Gasteiger partial charge is 0.129 e. The third kappa shape index (κ3) is 3.42. The second kappa shape index (κ2) is 5.67. The predicted molar refractivity (Wildman–Crippen MR) is 73.1 cm³/mol. The van der Waals surface area contributed by atoms with Gasteiger partial charge in [0.25, 0.3) is 0 Å². The van der Waals surface area contributed by atoms with Crippen LogP contribution in [-0.4, -0.2) is 28.7 Å². The number of ether oxygens (including phenoxy) is 1. The van der Waals surface area contributed by atoms with E-state index < -0.39 is 5.60 Å². The van der Waals surface area contributed by atoms with Crippen molar-refractivity contribution in [3.8, 4) is 5.75 Å². The Hall–Kier alpha value is -2.14. The summed E-state index contributed by atoms with van der Waals surface area (Å²) in [5.41, 5.74) is -0.174. The zero-order valence-corrected chi connectivity index (χ0v) is 11.0. The molecular weight excluding hydrogens is 242 g/mol. The first-order valence-corrected chi connectivity index (χ1v) is 5.98. The summed E-state index contributed by atoms with van der Waals surface area (Å²) in [5.74, 6) is 1.45. The Labute approximate surface area is 112 Å². The fraction of sp³-hybridized carbons (Fsp3) is 0.286. The Balaban J connectivity index is 2.04. The Bertz CT molecular complexity index is 512. The quantitative estimate of drug-likeness (QED) is 0.857. The van der Waals surface area contributed by atoms with Crippen LogP contribution in [0, 0.1) is 0 Å². The number of hydrogen-bond donors (Lipinski definition) is 2. The number of hydrogen-bond acceptors (Lipinski definition) is 5. The molecule has 2 rings (SSSR count). The van der Waals surface area contributed by atoms with E-state index in [-0.39, 0.29) is 0 Å². The maximum absolute atomic E-state index is 10.5. The third-order valence-electron chi connectivity index (χ3n) is 2.91. The highest BCUT2D eigenvalue weighted by molar-refractivity contribution is 5.35. The first kappa shape index (κ1) is 13.3. The fourth-order valence-electron chi connectivity index (χ4n) is 1.71. The van der Waals surface area contributed by atoms with Gasteiger partial charge in [-0.15, -0.1) is 0 Å². The summed E-state index contributed by atoms with van der Waals surface area (Å²) in [5, 5.41) is 13.5. The van der Waals surface area contributed by atoms with E-state index >= 15 is 0 Å². The number of aromatic nitrogens is 2. The molecule has 5 heteroatoms. The number of benzene rings is 1. The average molecular weight is 259 g/mol. The largest absolute Gasteiger partial charge is 0.497 e. The van der Waals surface area contributed by atoms with Gasteiger partial charge >= 0.3 is 0 Å². The minimum atomic E-state index is -0.989. The van der Waals surface area contributed by atoms with Crippen molar-refractivity contribution >= 4 is 5.82 Å². The predicted octanol–water partition coefficient (Wildman–Crippen LogP) is 1.80. The van der Waals surface area contributed by atoms with E-state index in [1.807, 2.05) is 24.3 Å². The van der Waals surface area contributed by atoms with Gasteiger partial charge in [-0.05, 0) is 30.7 Å². The minimum Gasteiger partial charge on any atom is -0.497 e. The van der Waals surface area contributed by atoms with Crippen molar-refractivity contribution in [2.24, 2.45) is 0 Å². The molecule has 2 N–H and O–H groups in total. The van der Waals surface area contributed by atoms with Gasteiger partial charge in [0.15, 0.2) is 0 Å². The number of methoxy groups -OCH3 is 1. The molecule has 0 aliphatic heterocycles.